The van der Waals surface area contributed by atoms with Crippen molar-refractivity contribution in [2.45, 2.75) is 32.1 Å². The van der Waals surface area contributed by atoms with Gasteiger partial charge < -0.3 is 5.32 Å². The molecule has 1 aliphatic rings. The molecule has 1 saturated carbocycles. The summed E-state index contributed by atoms with van der Waals surface area (Å²) in [5.74, 6) is 2.18. The second-order valence-electron chi connectivity index (χ2n) is 5.03. The van der Waals surface area contributed by atoms with E-state index < -0.39 is 0 Å². The molecule has 0 radical (unpaired) electrons. The number of anilines is 1. The van der Waals surface area contributed by atoms with Crippen LogP contribution in [0.15, 0.2) is 15.0 Å². The fourth-order valence-corrected chi connectivity index (χ4v) is 4.30. The van der Waals surface area contributed by atoms with Gasteiger partial charge in [0.15, 0.2) is 5.82 Å². The van der Waals surface area contributed by atoms with E-state index >= 15 is 0 Å². The molecular formula is C14H14Br2ClN3S. The average Bonchev–Trinajstić information content (AvgIpc) is 3.24. The lowest BCUT2D eigenvalue weighted by Gasteiger charge is -2.11. The van der Waals surface area contributed by atoms with E-state index in [1.165, 1.54) is 24.2 Å². The van der Waals surface area contributed by atoms with Crippen LogP contribution in [-0.4, -0.2) is 16.5 Å². The second-order valence-corrected chi connectivity index (χ2v) is 8.33. The van der Waals surface area contributed by atoms with Crippen LogP contribution in [-0.2, 0) is 0 Å². The van der Waals surface area contributed by atoms with E-state index in [9.17, 15) is 0 Å². The zero-order valence-electron chi connectivity index (χ0n) is 11.4. The first-order valence-electron chi connectivity index (χ1n) is 6.86. The van der Waals surface area contributed by atoms with Crippen LogP contribution >= 0.6 is 54.8 Å². The Labute approximate surface area is 149 Å². The summed E-state index contributed by atoms with van der Waals surface area (Å²) in [4.78, 5) is 10.4. The molecule has 2 heterocycles. The fourth-order valence-electron chi connectivity index (χ4n) is 2.02. The van der Waals surface area contributed by atoms with Crippen LogP contribution in [0.1, 0.15) is 37.8 Å². The lowest BCUT2D eigenvalue weighted by atomic mass is 10.2. The van der Waals surface area contributed by atoms with Gasteiger partial charge in [-0.2, -0.15) is 0 Å². The van der Waals surface area contributed by atoms with Crippen molar-refractivity contribution in [3.05, 3.63) is 25.0 Å². The number of thiophene rings is 1. The Bertz CT molecular complexity index is 651. The molecule has 3 nitrogen and oxygen atoms in total. The minimum Gasteiger partial charge on any atom is -0.369 e. The first kappa shape index (κ1) is 15.7. The molecule has 1 aliphatic carbocycles. The molecule has 0 bridgehead atoms. The van der Waals surface area contributed by atoms with Gasteiger partial charge in [-0.25, -0.2) is 9.97 Å². The van der Waals surface area contributed by atoms with E-state index in [0.29, 0.717) is 5.92 Å². The lowest BCUT2D eigenvalue weighted by molar-refractivity contribution is 0.941. The number of aromatic nitrogens is 2. The van der Waals surface area contributed by atoms with Crippen molar-refractivity contribution in [2.75, 3.05) is 11.9 Å². The highest BCUT2D eigenvalue weighted by molar-refractivity contribution is 9.11. The van der Waals surface area contributed by atoms with E-state index in [2.05, 4.69) is 49.1 Å². The summed E-state index contributed by atoms with van der Waals surface area (Å²) in [5, 5.41) is 3.38. The van der Waals surface area contributed by atoms with Gasteiger partial charge in [0, 0.05) is 16.9 Å². The molecule has 3 rings (SSSR count). The van der Waals surface area contributed by atoms with Crippen LogP contribution in [0.2, 0.25) is 4.34 Å². The predicted molar refractivity (Wildman–Crippen MR) is 96.5 cm³/mol. The summed E-state index contributed by atoms with van der Waals surface area (Å²) < 4.78 is 2.63. The molecule has 112 valence electrons. The Morgan fingerprint density at radius 3 is 2.71 bits per heavy atom. The maximum absolute atomic E-state index is 6.14. The van der Waals surface area contributed by atoms with E-state index in [0.717, 1.165) is 48.5 Å². The Kier molecular flexibility index (Phi) is 4.88. The largest absolute Gasteiger partial charge is 0.369 e. The highest BCUT2D eigenvalue weighted by Crippen LogP contribution is 2.45. The normalized spacial score (nSPS) is 14.5. The number of rotatable bonds is 5. The highest BCUT2D eigenvalue weighted by atomic mass is 79.9. The van der Waals surface area contributed by atoms with Gasteiger partial charge in [-0.1, -0.05) is 18.5 Å². The molecule has 21 heavy (non-hydrogen) atoms. The number of nitrogens with zero attached hydrogens (tertiary/aromatic N) is 2. The van der Waals surface area contributed by atoms with Crippen LogP contribution in [0.3, 0.4) is 0 Å². The van der Waals surface area contributed by atoms with Gasteiger partial charge in [0.05, 0.1) is 15.0 Å². The minimum absolute atomic E-state index is 0.558. The summed E-state index contributed by atoms with van der Waals surface area (Å²) in [6, 6.07) is 1.98. The molecule has 0 aliphatic heterocycles. The Hall–Kier alpha value is -0.170. The van der Waals surface area contributed by atoms with Crippen molar-refractivity contribution in [1.82, 2.24) is 9.97 Å². The average molecular weight is 452 g/mol. The summed E-state index contributed by atoms with van der Waals surface area (Å²) in [6.07, 6.45) is 3.47. The molecule has 1 fully saturated rings. The lowest BCUT2D eigenvalue weighted by Crippen LogP contribution is -2.06. The zero-order valence-corrected chi connectivity index (χ0v) is 16.2. The van der Waals surface area contributed by atoms with Gasteiger partial charge >= 0.3 is 0 Å². The van der Waals surface area contributed by atoms with E-state index in [-0.39, 0.29) is 0 Å². The zero-order chi connectivity index (χ0) is 15.0. The smallest absolute Gasteiger partial charge is 0.172 e. The van der Waals surface area contributed by atoms with E-state index in [4.69, 9.17) is 16.6 Å². The molecule has 2 aromatic heterocycles. The topological polar surface area (TPSA) is 37.8 Å². The third-order valence-electron chi connectivity index (χ3n) is 3.25. The Morgan fingerprint density at radius 2 is 2.14 bits per heavy atom. The van der Waals surface area contributed by atoms with Crippen molar-refractivity contribution >= 4 is 60.6 Å². The van der Waals surface area contributed by atoms with E-state index in [1.54, 1.807) is 0 Å². The maximum atomic E-state index is 6.14. The summed E-state index contributed by atoms with van der Waals surface area (Å²) >= 11 is 14.7. The molecule has 0 amide bonds. The molecule has 0 spiro atoms. The third kappa shape index (κ3) is 3.44. The summed E-state index contributed by atoms with van der Waals surface area (Å²) in [6.45, 7) is 3.04. The van der Waals surface area contributed by atoms with Crippen LogP contribution < -0.4 is 5.32 Å². The van der Waals surface area contributed by atoms with E-state index in [1.807, 2.05) is 6.07 Å². The highest BCUT2D eigenvalue weighted by Gasteiger charge is 2.30. The molecule has 0 aromatic carbocycles. The van der Waals surface area contributed by atoms with Crippen LogP contribution in [0.5, 0.6) is 0 Å². The third-order valence-corrected chi connectivity index (χ3v) is 6.50. The van der Waals surface area contributed by atoms with Crippen molar-refractivity contribution in [3.8, 4) is 10.7 Å². The monoisotopic (exact) mass is 449 g/mol. The van der Waals surface area contributed by atoms with Crippen molar-refractivity contribution in [1.29, 1.82) is 0 Å². The molecule has 0 atom stereocenters. The second kappa shape index (κ2) is 6.52. The van der Waals surface area contributed by atoms with Crippen LogP contribution in [0.4, 0.5) is 5.82 Å². The number of hydrogen-bond acceptors (Lipinski definition) is 4. The van der Waals surface area contributed by atoms with Crippen molar-refractivity contribution < 1.29 is 0 Å². The fraction of sp³-hybridized carbons (Fsp3) is 0.429. The minimum atomic E-state index is 0.558. The molecule has 1 N–H and O–H groups in total. The number of hydrogen-bond donors (Lipinski definition) is 1. The summed E-state index contributed by atoms with van der Waals surface area (Å²) in [5.41, 5.74) is 1.11. The molecule has 2 aromatic rings. The first-order valence-corrected chi connectivity index (χ1v) is 9.64. The van der Waals surface area contributed by atoms with Gasteiger partial charge in [0.25, 0.3) is 0 Å². The van der Waals surface area contributed by atoms with Crippen molar-refractivity contribution in [3.63, 3.8) is 0 Å². The first-order chi connectivity index (χ1) is 10.1. The Balaban J connectivity index is 2.05. The number of halogens is 3. The number of nitrogens with one attached hydrogen (secondary N) is 1. The van der Waals surface area contributed by atoms with Gasteiger partial charge in [-0.15, -0.1) is 11.3 Å². The predicted octanol–water partition coefficient (Wildman–Crippen LogP) is 6.08. The van der Waals surface area contributed by atoms with Crippen molar-refractivity contribution in [2.24, 2.45) is 0 Å². The Morgan fingerprint density at radius 1 is 1.38 bits per heavy atom. The SMILES string of the molecule is CCCNc1nc(-c2cc(Br)c(Cl)s2)nc(C2CC2)c1Br. The maximum Gasteiger partial charge on any atom is 0.172 e. The van der Waals surface area contributed by atoms with Crippen LogP contribution in [0.25, 0.3) is 10.7 Å². The molecule has 7 heteroatoms. The van der Waals surface area contributed by atoms with Gasteiger partial charge in [0.1, 0.15) is 10.2 Å². The van der Waals surface area contributed by atoms with Crippen LogP contribution in [0, 0.1) is 0 Å². The molecule has 0 saturated heterocycles. The molecular weight excluding hydrogens is 438 g/mol. The standard InChI is InChI=1S/C14H14Br2ClN3S/c1-2-5-18-14-10(16)11(7-3-4-7)19-13(20-14)9-6-8(15)12(17)21-9/h6-7H,2-5H2,1H3,(H,18,19,20). The van der Waals surface area contributed by atoms with Gasteiger partial charge in [-0.3, -0.25) is 0 Å². The summed E-state index contributed by atoms with van der Waals surface area (Å²) in [7, 11) is 0. The van der Waals surface area contributed by atoms with Gasteiger partial charge in [-0.05, 0) is 57.2 Å². The van der Waals surface area contributed by atoms with Gasteiger partial charge in [0.2, 0.25) is 0 Å². The quantitative estimate of drug-likeness (QED) is 0.598. The molecule has 0 unspecified atom stereocenters.